The second-order valence-corrected chi connectivity index (χ2v) is 5.93. The molecule has 0 unspecified atom stereocenters. The molecule has 5 nitrogen and oxygen atoms in total. The van der Waals surface area contributed by atoms with Crippen molar-refractivity contribution in [2.75, 3.05) is 20.2 Å². The molecule has 0 bridgehead atoms. The fourth-order valence-corrected chi connectivity index (χ4v) is 1.74. The van der Waals surface area contributed by atoms with Gasteiger partial charge in [-0.25, -0.2) is 4.98 Å². The standard InChI is InChI=1S/C14H25N3O2/c1-11-10-12(18)17(13(16-11)19-5)9-8-15-7-6-14(2,3)4/h10,15H,6-9H2,1-5H3. The van der Waals surface area contributed by atoms with Gasteiger partial charge in [0.05, 0.1) is 7.11 Å². The second-order valence-electron chi connectivity index (χ2n) is 5.93. The van der Waals surface area contributed by atoms with E-state index in [0.29, 0.717) is 23.7 Å². The van der Waals surface area contributed by atoms with Crippen molar-refractivity contribution in [2.24, 2.45) is 5.41 Å². The number of hydrogen-bond donors (Lipinski definition) is 1. The predicted molar refractivity (Wildman–Crippen MR) is 76.7 cm³/mol. The Balaban J connectivity index is 2.52. The minimum Gasteiger partial charge on any atom is -0.468 e. The van der Waals surface area contributed by atoms with Crippen LogP contribution in [0.25, 0.3) is 0 Å². The topological polar surface area (TPSA) is 56.1 Å². The van der Waals surface area contributed by atoms with Crippen LogP contribution in [0.15, 0.2) is 10.9 Å². The maximum Gasteiger partial charge on any atom is 0.299 e. The Morgan fingerprint density at radius 1 is 1.37 bits per heavy atom. The summed E-state index contributed by atoms with van der Waals surface area (Å²) in [6.07, 6.45) is 1.10. The first-order chi connectivity index (χ1) is 8.83. The lowest BCUT2D eigenvalue weighted by atomic mass is 9.92. The van der Waals surface area contributed by atoms with Crippen LogP contribution >= 0.6 is 0 Å². The number of ether oxygens (including phenoxy) is 1. The summed E-state index contributed by atoms with van der Waals surface area (Å²) in [6, 6.07) is 1.90. The Kier molecular flexibility index (Phi) is 5.54. The second kappa shape index (κ2) is 6.70. The first kappa shape index (κ1) is 15.7. The zero-order valence-corrected chi connectivity index (χ0v) is 12.6. The molecule has 0 aromatic carbocycles. The van der Waals surface area contributed by atoms with Gasteiger partial charge >= 0.3 is 0 Å². The van der Waals surface area contributed by atoms with Crippen LogP contribution in [-0.4, -0.2) is 29.8 Å². The molecule has 19 heavy (non-hydrogen) atoms. The number of methoxy groups -OCH3 is 1. The molecule has 0 aliphatic rings. The van der Waals surface area contributed by atoms with Gasteiger partial charge in [-0.2, -0.15) is 0 Å². The predicted octanol–water partition coefficient (Wildman–Crippen LogP) is 1.59. The Hall–Kier alpha value is -1.36. The van der Waals surface area contributed by atoms with E-state index >= 15 is 0 Å². The van der Waals surface area contributed by atoms with Crippen molar-refractivity contribution in [1.82, 2.24) is 14.9 Å². The third-order valence-electron chi connectivity index (χ3n) is 2.85. The first-order valence-corrected chi connectivity index (χ1v) is 6.67. The molecule has 1 N–H and O–H groups in total. The van der Waals surface area contributed by atoms with Gasteiger partial charge < -0.3 is 10.1 Å². The van der Waals surface area contributed by atoms with E-state index in [1.807, 2.05) is 0 Å². The van der Waals surface area contributed by atoms with Crippen molar-refractivity contribution >= 4 is 0 Å². The van der Waals surface area contributed by atoms with Crippen LogP contribution in [-0.2, 0) is 6.54 Å². The highest BCUT2D eigenvalue weighted by Crippen LogP contribution is 2.16. The summed E-state index contributed by atoms with van der Waals surface area (Å²) in [5.74, 6) is 0. The summed E-state index contributed by atoms with van der Waals surface area (Å²) in [7, 11) is 1.53. The van der Waals surface area contributed by atoms with E-state index in [2.05, 4.69) is 31.1 Å². The van der Waals surface area contributed by atoms with Crippen LogP contribution in [0, 0.1) is 12.3 Å². The normalized spacial score (nSPS) is 11.6. The van der Waals surface area contributed by atoms with Gasteiger partial charge in [0.2, 0.25) is 0 Å². The van der Waals surface area contributed by atoms with Crippen molar-refractivity contribution in [2.45, 2.75) is 40.7 Å². The molecular formula is C14H25N3O2. The molecule has 0 atom stereocenters. The SMILES string of the molecule is COc1nc(C)cc(=O)n1CCNCCC(C)(C)C. The van der Waals surface area contributed by atoms with Crippen molar-refractivity contribution in [1.29, 1.82) is 0 Å². The highest BCUT2D eigenvalue weighted by atomic mass is 16.5. The van der Waals surface area contributed by atoms with Crippen LogP contribution in [0.1, 0.15) is 32.9 Å². The number of rotatable bonds is 6. The molecule has 108 valence electrons. The largest absolute Gasteiger partial charge is 0.468 e. The maximum atomic E-state index is 11.9. The van der Waals surface area contributed by atoms with Crippen molar-refractivity contribution < 1.29 is 4.74 Å². The number of nitrogens with zero attached hydrogens (tertiary/aromatic N) is 2. The van der Waals surface area contributed by atoms with Crippen LogP contribution in [0.2, 0.25) is 0 Å². The number of nitrogens with one attached hydrogen (secondary N) is 1. The van der Waals surface area contributed by atoms with E-state index in [1.54, 1.807) is 11.5 Å². The summed E-state index contributed by atoms with van der Waals surface area (Å²) in [5, 5.41) is 3.34. The molecule has 1 aromatic heterocycles. The van der Waals surface area contributed by atoms with Gasteiger partial charge in [0.15, 0.2) is 0 Å². The summed E-state index contributed by atoms with van der Waals surface area (Å²) in [4.78, 5) is 16.1. The fraction of sp³-hybridized carbons (Fsp3) is 0.714. The zero-order chi connectivity index (χ0) is 14.5. The smallest absolute Gasteiger partial charge is 0.299 e. The Labute approximate surface area is 115 Å². The van der Waals surface area contributed by atoms with E-state index in [-0.39, 0.29) is 5.56 Å². The van der Waals surface area contributed by atoms with Crippen LogP contribution in [0.4, 0.5) is 0 Å². The Morgan fingerprint density at radius 2 is 2.05 bits per heavy atom. The highest BCUT2D eigenvalue weighted by molar-refractivity contribution is 5.06. The van der Waals surface area contributed by atoms with Gasteiger partial charge in [0.1, 0.15) is 0 Å². The molecule has 1 heterocycles. The molecule has 1 aromatic rings. The number of aromatic nitrogens is 2. The zero-order valence-electron chi connectivity index (χ0n) is 12.6. The average molecular weight is 267 g/mol. The minimum atomic E-state index is -0.0676. The lowest BCUT2D eigenvalue weighted by Crippen LogP contribution is -2.30. The van der Waals surface area contributed by atoms with Crippen LogP contribution in [0.3, 0.4) is 0 Å². The molecule has 1 rings (SSSR count). The van der Waals surface area contributed by atoms with Gasteiger partial charge in [-0.05, 0) is 25.3 Å². The van der Waals surface area contributed by atoms with Crippen LogP contribution in [0.5, 0.6) is 6.01 Å². The molecule has 0 aliphatic heterocycles. The Bertz CT molecular complexity index is 461. The molecule has 0 saturated carbocycles. The summed E-state index contributed by atoms with van der Waals surface area (Å²) < 4.78 is 6.70. The lowest BCUT2D eigenvalue weighted by molar-refractivity contribution is 0.337. The number of aryl methyl sites for hydroxylation is 1. The van der Waals surface area contributed by atoms with Gasteiger partial charge in [0.25, 0.3) is 11.6 Å². The average Bonchev–Trinajstić information content (AvgIpc) is 2.29. The third-order valence-corrected chi connectivity index (χ3v) is 2.85. The summed E-state index contributed by atoms with van der Waals surface area (Å²) in [6.45, 7) is 10.7. The van der Waals surface area contributed by atoms with Gasteiger partial charge in [-0.1, -0.05) is 20.8 Å². The maximum absolute atomic E-state index is 11.9. The molecular weight excluding hydrogens is 242 g/mol. The summed E-state index contributed by atoms with van der Waals surface area (Å²) >= 11 is 0. The van der Waals surface area contributed by atoms with E-state index in [1.165, 1.54) is 13.2 Å². The molecule has 0 spiro atoms. The first-order valence-electron chi connectivity index (χ1n) is 6.67. The van der Waals surface area contributed by atoms with Crippen LogP contribution < -0.4 is 15.6 Å². The van der Waals surface area contributed by atoms with Gasteiger partial charge in [0, 0.05) is 24.8 Å². The quantitative estimate of drug-likeness (QED) is 0.795. The van der Waals surface area contributed by atoms with E-state index in [9.17, 15) is 4.79 Å². The molecule has 0 fully saturated rings. The Morgan fingerprint density at radius 3 is 2.63 bits per heavy atom. The van der Waals surface area contributed by atoms with Crippen molar-refractivity contribution in [3.8, 4) is 6.01 Å². The number of hydrogen-bond acceptors (Lipinski definition) is 4. The van der Waals surface area contributed by atoms with Crippen molar-refractivity contribution in [3.63, 3.8) is 0 Å². The van der Waals surface area contributed by atoms with Gasteiger partial charge in [-0.3, -0.25) is 9.36 Å². The monoisotopic (exact) mass is 267 g/mol. The fourth-order valence-electron chi connectivity index (χ4n) is 1.74. The summed E-state index contributed by atoms with van der Waals surface area (Å²) in [5.41, 5.74) is 0.938. The molecule has 5 heteroatoms. The molecule has 0 radical (unpaired) electrons. The van der Waals surface area contributed by atoms with E-state index in [0.717, 1.165) is 19.5 Å². The molecule has 0 aliphatic carbocycles. The minimum absolute atomic E-state index is 0.0676. The molecule has 0 saturated heterocycles. The third kappa shape index (κ3) is 5.42. The van der Waals surface area contributed by atoms with E-state index in [4.69, 9.17) is 4.74 Å². The highest BCUT2D eigenvalue weighted by Gasteiger charge is 2.09. The molecule has 0 amide bonds. The lowest BCUT2D eigenvalue weighted by Gasteiger charge is -2.18. The van der Waals surface area contributed by atoms with E-state index < -0.39 is 0 Å². The van der Waals surface area contributed by atoms with Crippen molar-refractivity contribution in [3.05, 3.63) is 22.1 Å². The van der Waals surface area contributed by atoms with Gasteiger partial charge in [-0.15, -0.1) is 0 Å².